The molecule has 2 N–H and O–H groups in total. The van der Waals surface area contributed by atoms with E-state index >= 15 is 0 Å². The summed E-state index contributed by atoms with van der Waals surface area (Å²) in [4.78, 5) is 22.5. The number of rotatable bonds is 6. The molecule has 1 atom stereocenters. The maximum Gasteiger partial charge on any atom is 0.303 e. The van der Waals surface area contributed by atoms with Gasteiger partial charge >= 0.3 is 5.97 Å². The van der Waals surface area contributed by atoms with E-state index in [2.05, 4.69) is 5.32 Å². The van der Waals surface area contributed by atoms with Gasteiger partial charge in [0.25, 0.3) is 0 Å². The number of ether oxygens (including phenoxy) is 1. The molecule has 3 rings (SSSR count). The van der Waals surface area contributed by atoms with Gasteiger partial charge in [-0.25, -0.2) is 0 Å². The van der Waals surface area contributed by atoms with Crippen molar-refractivity contribution in [3.63, 3.8) is 0 Å². The molecule has 1 aromatic heterocycles. The summed E-state index contributed by atoms with van der Waals surface area (Å²) in [7, 11) is 1.62. The number of methoxy groups -OCH3 is 1. The van der Waals surface area contributed by atoms with Crippen LogP contribution in [0.2, 0.25) is 0 Å². The van der Waals surface area contributed by atoms with E-state index in [1.807, 2.05) is 18.2 Å². The summed E-state index contributed by atoms with van der Waals surface area (Å²) in [5.74, 6) is -0.234. The summed E-state index contributed by atoms with van der Waals surface area (Å²) in [6.45, 7) is 0.713. The molecule has 23 heavy (non-hydrogen) atoms. The van der Waals surface area contributed by atoms with Crippen LogP contribution in [0.3, 0.4) is 0 Å². The van der Waals surface area contributed by atoms with Gasteiger partial charge in [-0.2, -0.15) is 0 Å². The van der Waals surface area contributed by atoms with Crippen molar-refractivity contribution >= 4 is 17.4 Å². The van der Waals surface area contributed by atoms with Gasteiger partial charge in [-0.05, 0) is 29.8 Å². The Hall–Kier alpha value is -2.76. The van der Waals surface area contributed by atoms with Gasteiger partial charge < -0.3 is 19.6 Å². The zero-order valence-corrected chi connectivity index (χ0v) is 12.7. The Morgan fingerprint density at radius 3 is 2.91 bits per heavy atom. The van der Waals surface area contributed by atoms with Crippen LogP contribution in [0.4, 0.5) is 5.69 Å². The second-order valence-corrected chi connectivity index (χ2v) is 5.45. The Labute approximate surface area is 133 Å². The third-order valence-corrected chi connectivity index (χ3v) is 3.99. The highest BCUT2D eigenvalue weighted by Gasteiger charge is 2.26. The van der Waals surface area contributed by atoms with E-state index in [1.165, 1.54) is 0 Å². The summed E-state index contributed by atoms with van der Waals surface area (Å²) in [6.07, 6.45) is 1.31. The van der Waals surface area contributed by atoms with E-state index in [9.17, 15) is 9.59 Å². The molecule has 0 fully saturated rings. The first kappa shape index (κ1) is 15.1. The number of carboxylic acid groups (broad SMARTS) is 1. The molecule has 0 bridgehead atoms. The van der Waals surface area contributed by atoms with Gasteiger partial charge in [0, 0.05) is 30.1 Å². The summed E-state index contributed by atoms with van der Waals surface area (Å²) < 4.78 is 10.6. The lowest BCUT2D eigenvalue weighted by atomic mass is 9.94. The van der Waals surface area contributed by atoms with Gasteiger partial charge in [0.15, 0.2) is 11.5 Å². The third kappa shape index (κ3) is 3.06. The Balaban J connectivity index is 1.80. The van der Waals surface area contributed by atoms with Crippen molar-refractivity contribution in [1.82, 2.24) is 0 Å². The average molecular weight is 315 g/mol. The number of aliphatic carboxylic acids is 1. The highest BCUT2D eigenvalue weighted by atomic mass is 16.5. The highest BCUT2D eigenvalue weighted by molar-refractivity contribution is 5.95. The number of nitrogens with one attached hydrogen (secondary N) is 1. The quantitative estimate of drug-likeness (QED) is 0.797. The SMILES string of the molecule is COc1ccc2c(c1)C(c1coc(C(=O)CCC(=O)O)c1)CN2. The monoisotopic (exact) mass is 315 g/mol. The number of carboxylic acids is 1. The standard InChI is InChI=1S/C17H17NO5/c1-22-11-2-3-14-12(7-11)13(8-18-14)10-6-16(23-9-10)15(19)4-5-17(20)21/h2-3,6-7,9,13,18H,4-5,8H2,1H3,(H,20,21). The molecule has 120 valence electrons. The second kappa shape index (κ2) is 6.16. The molecule has 2 aromatic rings. The van der Waals surface area contributed by atoms with E-state index in [4.69, 9.17) is 14.3 Å². The summed E-state index contributed by atoms with van der Waals surface area (Å²) in [5.41, 5.74) is 3.02. The fourth-order valence-electron chi connectivity index (χ4n) is 2.76. The van der Waals surface area contributed by atoms with Crippen LogP contribution >= 0.6 is 0 Å². The van der Waals surface area contributed by atoms with Gasteiger partial charge in [0.2, 0.25) is 0 Å². The largest absolute Gasteiger partial charge is 0.497 e. The zero-order valence-electron chi connectivity index (χ0n) is 12.7. The molecule has 0 radical (unpaired) electrons. The van der Waals surface area contributed by atoms with E-state index in [1.54, 1.807) is 19.4 Å². The van der Waals surface area contributed by atoms with Crippen LogP contribution in [0.15, 0.2) is 34.9 Å². The molecule has 0 amide bonds. The zero-order chi connectivity index (χ0) is 16.4. The lowest BCUT2D eigenvalue weighted by molar-refractivity contribution is -0.136. The number of furan rings is 1. The molecular weight excluding hydrogens is 298 g/mol. The molecule has 0 saturated carbocycles. The van der Waals surface area contributed by atoms with Crippen molar-refractivity contribution in [2.45, 2.75) is 18.8 Å². The minimum absolute atomic E-state index is 0.0599. The molecule has 6 heteroatoms. The lowest BCUT2D eigenvalue weighted by Crippen LogP contribution is -2.04. The number of benzene rings is 1. The molecule has 0 spiro atoms. The van der Waals surface area contributed by atoms with Gasteiger partial charge in [-0.15, -0.1) is 0 Å². The molecule has 6 nitrogen and oxygen atoms in total. The normalized spacial score (nSPS) is 15.8. The van der Waals surface area contributed by atoms with Crippen molar-refractivity contribution in [3.8, 4) is 5.75 Å². The van der Waals surface area contributed by atoms with Crippen molar-refractivity contribution in [3.05, 3.63) is 47.4 Å². The molecular formula is C17H17NO5. The first-order valence-corrected chi connectivity index (χ1v) is 7.33. The van der Waals surface area contributed by atoms with Gasteiger partial charge in [-0.3, -0.25) is 9.59 Å². The van der Waals surface area contributed by atoms with Gasteiger partial charge in [0.05, 0.1) is 19.8 Å². The predicted octanol–water partition coefficient (Wildman–Crippen LogP) is 2.89. The number of carbonyl (C=O) groups is 2. The number of Topliss-reactive ketones (excluding diaryl/α,β-unsaturated/α-hetero) is 1. The van der Waals surface area contributed by atoms with Crippen molar-refractivity contribution in [2.75, 3.05) is 19.0 Å². The van der Waals surface area contributed by atoms with Crippen LogP contribution in [-0.2, 0) is 4.79 Å². The Morgan fingerprint density at radius 1 is 1.35 bits per heavy atom. The molecule has 0 saturated heterocycles. The third-order valence-electron chi connectivity index (χ3n) is 3.99. The minimum atomic E-state index is -0.994. The fourth-order valence-corrected chi connectivity index (χ4v) is 2.76. The number of hydrogen-bond donors (Lipinski definition) is 2. The summed E-state index contributed by atoms with van der Waals surface area (Å²) >= 11 is 0. The van der Waals surface area contributed by atoms with E-state index in [0.717, 1.165) is 22.6 Å². The molecule has 1 aliphatic heterocycles. The fraction of sp³-hybridized carbons (Fsp3) is 0.294. The van der Waals surface area contributed by atoms with Crippen molar-refractivity contribution < 1.29 is 23.8 Å². The van der Waals surface area contributed by atoms with Crippen LogP contribution < -0.4 is 10.1 Å². The Bertz CT molecular complexity index is 749. The number of ketones is 1. The number of carbonyl (C=O) groups excluding carboxylic acids is 1. The number of hydrogen-bond acceptors (Lipinski definition) is 5. The molecule has 1 aliphatic rings. The van der Waals surface area contributed by atoms with Gasteiger partial charge in [-0.1, -0.05) is 0 Å². The second-order valence-electron chi connectivity index (χ2n) is 5.45. The minimum Gasteiger partial charge on any atom is -0.497 e. The summed E-state index contributed by atoms with van der Waals surface area (Å²) in [5, 5.41) is 12.0. The van der Waals surface area contributed by atoms with Crippen LogP contribution in [0.1, 0.15) is 40.4 Å². The number of fused-ring (bicyclic) bond motifs is 1. The first-order chi connectivity index (χ1) is 11.1. The summed E-state index contributed by atoms with van der Waals surface area (Å²) in [6, 6.07) is 7.53. The molecule has 1 unspecified atom stereocenters. The Morgan fingerprint density at radius 2 is 2.17 bits per heavy atom. The molecule has 2 heterocycles. The maximum absolute atomic E-state index is 11.9. The van der Waals surface area contributed by atoms with Crippen LogP contribution in [0.5, 0.6) is 5.75 Å². The smallest absolute Gasteiger partial charge is 0.303 e. The highest BCUT2D eigenvalue weighted by Crippen LogP contribution is 2.38. The van der Waals surface area contributed by atoms with Crippen molar-refractivity contribution in [1.29, 1.82) is 0 Å². The molecule has 0 aliphatic carbocycles. The lowest BCUT2D eigenvalue weighted by Gasteiger charge is -2.08. The average Bonchev–Trinajstić information content (AvgIpc) is 3.18. The molecule has 1 aromatic carbocycles. The van der Waals surface area contributed by atoms with E-state index in [0.29, 0.717) is 6.54 Å². The maximum atomic E-state index is 11.9. The van der Waals surface area contributed by atoms with E-state index in [-0.39, 0.29) is 30.3 Å². The van der Waals surface area contributed by atoms with Gasteiger partial charge in [0.1, 0.15) is 5.75 Å². The van der Waals surface area contributed by atoms with Crippen molar-refractivity contribution in [2.24, 2.45) is 0 Å². The van der Waals surface area contributed by atoms with Crippen LogP contribution in [-0.4, -0.2) is 30.5 Å². The van der Waals surface area contributed by atoms with E-state index < -0.39 is 5.97 Å². The number of anilines is 1. The van der Waals surface area contributed by atoms with Crippen LogP contribution in [0, 0.1) is 0 Å². The first-order valence-electron chi connectivity index (χ1n) is 7.33. The Kier molecular flexibility index (Phi) is 4.06. The predicted molar refractivity (Wildman–Crippen MR) is 83.2 cm³/mol. The topological polar surface area (TPSA) is 88.8 Å². The van der Waals surface area contributed by atoms with Crippen LogP contribution in [0.25, 0.3) is 0 Å².